The maximum absolute atomic E-state index is 11.7. The van der Waals surface area contributed by atoms with Gasteiger partial charge in [-0.3, -0.25) is 0 Å². The van der Waals surface area contributed by atoms with Gasteiger partial charge in [0.05, 0.1) is 24.8 Å². The zero-order chi connectivity index (χ0) is 14.5. The largest absolute Gasteiger partial charge is 0.465 e. The normalized spacial score (nSPS) is 22.4. The average Bonchev–Trinajstić information content (AvgIpc) is 2.49. The summed E-state index contributed by atoms with van der Waals surface area (Å²) in [7, 11) is 3.17. The first-order valence-corrected chi connectivity index (χ1v) is 7.14. The number of ether oxygens (including phenoxy) is 2. The molecule has 2 rings (SSSR count). The molecule has 1 saturated carbocycles. The molecule has 4 heteroatoms. The van der Waals surface area contributed by atoms with Crippen molar-refractivity contribution >= 4 is 11.7 Å². The van der Waals surface area contributed by atoms with Crippen molar-refractivity contribution in [3.63, 3.8) is 0 Å². The molecule has 110 valence electrons. The van der Waals surface area contributed by atoms with E-state index in [2.05, 4.69) is 5.32 Å². The fourth-order valence-electron chi connectivity index (χ4n) is 2.87. The molecule has 0 amide bonds. The van der Waals surface area contributed by atoms with Crippen LogP contribution in [0.3, 0.4) is 0 Å². The molecule has 2 atom stereocenters. The summed E-state index contributed by atoms with van der Waals surface area (Å²) in [5, 5.41) is 3.54. The Morgan fingerprint density at radius 1 is 1.25 bits per heavy atom. The fourth-order valence-corrected chi connectivity index (χ4v) is 2.87. The highest BCUT2D eigenvalue weighted by Crippen LogP contribution is 2.27. The molecule has 0 aromatic heterocycles. The van der Waals surface area contributed by atoms with E-state index in [-0.39, 0.29) is 12.1 Å². The van der Waals surface area contributed by atoms with Crippen LogP contribution >= 0.6 is 0 Å². The molecule has 4 nitrogen and oxygen atoms in total. The lowest BCUT2D eigenvalue weighted by Gasteiger charge is -2.32. The molecule has 1 aliphatic rings. The number of carbonyl (C=O) groups excluding carboxylic acids is 1. The van der Waals surface area contributed by atoms with Crippen molar-refractivity contribution in [1.82, 2.24) is 0 Å². The van der Waals surface area contributed by atoms with Gasteiger partial charge in [-0.05, 0) is 37.5 Å². The third-order valence-corrected chi connectivity index (χ3v) is 4.09. The van der Waals surface area contributed by atoms with Gasteiger partial charge in [0.1, 0.15) is 0 Å². The van der Waals surface area contributed by atoms with Crippen molar-refractivity contribution in [1.29, 1.82) is 0 Å². The minimum atomic E-state index is -0.293. The molecule has 0 saturated heterocycles. The van der Waals surface area contributed by atoms with Gasteiger partial charge in [0.25, 0.3) is 0 Å². The number of hydrogen-bond acceptors (Lipinski definition) is 4. The number of nitrogens with one attached hydrogen (secondary N) is 1. The van der Waals surface area contributed by atoms with Crippen molar-refractivity contribution in [2.24, 2.45) is 0 Å². The third kappa shape index (κ3) is 3.12. The maximum atomic E-state index is 11.7. The van der Waals surface area contributed by atoms with Gasteiger partial charge in [-0.25, -0.2) is 4.79 Å². The van der Waals surface area contributed by atoms with Crippen molar-refractivity contribution in [2.45, 2.75) is 44.8 Å². The van der Waals surface area contributed by atoms with E-state index in [1.165, 1.54) is 20.0 Å². The van der Waals surface area contributed by atoms with Crippen LogP contribution in [-0.2, 0) is 9.47 Å². The van der Waals surface area contributed by atoms with Gasteiger partial charge in [-0.1, -0.05) is 18.9 Å². The molecule has 1 fully saturated rings. The Morgan fingerprint density at radius 2 is 2.00 bits per heavy atom. The van der Waals surface area contributed by atoms with E-state index in [4.69, 9.17) is 9.47 Å². The topological polar surface area (TPSA) is 47.6 Å². The van der Waals surface area contributed by atoms with Gasteiger partial charge in [-0.15, -0.1) is 0 Å². The number of rotatable bonds is 4. The van der Waals surface area contributed by atoms with Crippen LogP contribution in [0.1, 0.15) is 41.6 Å². The number of methoxy groups -OCH3 is 2. The minimum Gasteiger partial charge on any atom is -0.465 e. The van der Waals surface area contributed by atoms with Crippen LogP contribution in [0.15, 0.2) is 18.2 Å². The van der Waals surface area contributed by atoms with E-state index in [1.807, 2.05) is 19.1 Å². The molecule has 1 aromatic rings. The van der Waals surface area contributed by atoms with E-state index >= 15 is 0 Å². The summed E-state index contributed by atoms with van der Waals surface area (Å²) in [4.78, 5) is 11.7. The van der Waals surface area contributed by atoms with Gasteiger partial charge < -0.3 is 14.8 Å². The van der Waals surface area contributed by atoms with Crippen molar-refractivity contribution in [3.8, 4) is 0 Å². The van der Waals surface area contributed by atoms with Crippen molar-refractivity contribution < 1.29 is 14.3 Å². The second-order valence-electron chi connectivity index (χ2n) is 5.28. The molecule has 0 bridgehead atoms. The number of benzene rings is 1. The highest BCUT2D eigenvalue weighted by atomic mass is 16.5. The van der Waals surface area contributed by atoms with Gasteiger partial charge in [-0.2, -0.15) is 0 Å². The lowest BCUT2D eigenvalue weighted by molar-refractivity contribution is 0.0599. The monoisotopic (exact) mass is 277 g/mol. The van der Waals surface area contributed by atoms with Gasteiger partial charge in [0, 0.05) is 12.8 Å². The second-order valence-corrected chi connectivity index (χ2v) is 5.28. The number of hydrogen-bond donors (Lipinski definition) is 1. The van der Waals surface area contributed by atoms with Crippen molar-refractivity contribution in [2.75, 3.05) is 19.5 Å². The van der Waals surface area contributed by atoms with Crippen LogP contribution in [0.4, 0.5) is 5.69 Å². The Balaban J connectivity index is 2.18. The summed E-state index contributed by atoms with van der Waals surface area (Å²) >= 11 is 0. The first-order valence-electron chi connectivity index (χ1n) is 7.14. The average molecular weight is 277 g/mol. The lowest BCUT2D eigenvalue weighted by atomic mass is 9.92. The molecular formula is C16H23NO3. The van der Waals surface area contributed by atoms with E-state index in [1.54, 1.807) is 13.2 Å². The van der Waals surface area contributed by atoms with Crippen LogP contribution in [0.5, 0.6) is 0 Å². The smallest absolute Gasteiger partial charge is 0.338 e. The molecular weight excluding hydrogens is 254 g/mol. The van der Waals surface area contributed by atoms with Gasteiger partial charge >= 0.3 is 5.97 Å². The van der Waals surface area contributed by atoms with Gasteiger partial charge in [0.15, 0.2) is 0 Å². The highest BCUT2D eigenvalue weighted by Gasteiger charge is 2.25. The molecule has 1 aromatic carbocycles. The summed E-state index contributed by atoms with van der Waals surface area (Å²) in [6, 6.07) is 5.98. The molecule has 2 unspecified atom stereocenters. The standard InChI is InChI=1S/C16H23NO3/c1-11-12(16(18)20-3)7-6-9-13(11)17-14-8-4-5-10-15(14)19-2/h6-7,9,14-15,17H,4-5,8,10H2,1-3H3. The number of esters is 1. The van der Waals surface area contributed by atoms with Crippen LogP contribution in [-0.4, -0.2) is 32.3 Å². The van der Waals surface area contributed by atoms with Crippen molar-refractivity contribution in [3.05, 3.63) is 29.3 Å². The SMILES string of the molecule is COC(=O)c1cccc(NC2CCCCC2OC)c1C. The van der Waals surface area contributed by atoms with Crippen LogP contribution in [0, 0.1) is 6.92 Å². The highest BCUT2D eigenvalue weighted by molar-refractivity contribution is 5.92. The summed E-state index contributed by atoms with van der Waals surface area (Å²) < 4.78 is 10.4. The lowest BCUT2D eigenvalue weighted by Crippen LogP contribution is -2.38. The van der Waals surface area contributed by atoms with Crippen LogP contribution in [0.25, 0.3) is 0 Å². The molecule has 1 N–H and O–H groups in total. The van der Waals surface area contributed by atoms with E-state index in [9.17, 15) is 4.79 Å². The zero-order valence-electron chi connectivity index (χ0n) is 12.4. The molecule has 1 aliphatic carbocycles. The first kappa shape index (κ1) is 14.9. The third-order valence-electron chi connectivity index (χ3n) is 4.09. The Labute approximate surface area is 120 Å². The molecule has 20 heavy (non-hydrogen) atoms. The van der Waals surface area contributed by atoms with E-state index < -0.39 is 0 Å². The first-order chi connectivity index (χ1) is 9.67. The molecule has 0 heterocycles. The summed E-state index contributed by atoms with van der Waals surface area (Å²) in [6.45, 7) is 1.94. The minimum absolute atomic E-state index is 0.241. The Morgan fingerprint density at radius 3 is 2.70 bits per heavy atom. The van der Waals surface area contributed by atoms with Crippen LogP contribution in [0.2, 0.25) is 0 Å². The van der Waals surface area contributed by atoms with E-state index in [0.717, 1.165) is 24.1 Å². The fraction of sp³-hybridized carbons (Fsp3) is 0.562. The maximum Gasteiger partial charge on any atom is 0.338 e. The van der Waals surface area contributed by atoms with Gasteiger partial charge in [0.2, 0.25) is 0 Å². The molecule has 0 radical (unpaired) electrons. The van der Waals surface area contributed by atoms with E-state index in [0.29, 0.717) is 11.6 Å². The molecule has 0 spiro atoms. The number of carbonyl (C=O) groups is 1. The Hall–Kier alpha value is -1.55. The Kier molecular flexibility index (Phi) is 5.01. The summed E-state index contributed by atoms with van der Waals surface area (Å²) in [5.41, 5.74) is 2.53. The summed E-state index contributed by atoms with van der Waals surface area (Å²) in [6.07, 6.45) is 4.86. The second kappa shape index (κ2) is 6.75. The number of anilines is 1. The Bertz CT molecular complexity index is 473. The predicted octanol–water partition coefficient (Wildman–Crippen LogP) is 3.15. The zero-order valence-corrected chi connectivity index (χ0v) is 12.4. The van der Waals surface area contributed by atoms with Crippen LogP contribution < -0.4 is 5.32 Å². The summed E-state index contributed by atoms with van der Waals surface area (Å²) in [5.74, 6) is -0.293. The quantitative estimate of drug-likeness (QED) is 0.859. The molecule has 0 aliphatic heterocycles. The predicted molar refractivity (Wildman–Crippen MR) is 79.2 cm³/mol.